The van der Waals surface area contributed by atoms with Gasteiger partial charge >= 0.3 is 24.1 Å². The number of guanidine groups is 1. The van der Waals surface area contributed by atoms with Crippen molar-refractivity contribution in [3.8, 4) is 0 Å². The summed E-state index contributed by atoms with van der Waals surface area (Å²) in [5.74, 6) is -3.05. The number of aliphatic imine (C=N–C) groups is 1. The molecule has 172 valence electrons. The molecule has 10 nitrogen and oxygen atoms in total. The van der Waals surface area contributed by atoms with E-state index in [9.17, 15) is 27.6 Å². The lowest BCUT2D eigenvalue weighted by Gasteiger charge is -2.07. The molecule has 5 N–H and O–H groups in total. The molecule has 31 heavy (non-hydrogen) atoms. The number of nitrogens with one attached hydrogen (secondary N) is 1. The molecule has 0 aliphatic heterocycles. The van der Waals surface area contributed by atoms with E-state index < -0.39 is 24.7 Å². The zero-order chi connectivity index (χ0) is 23.6. The monoisotopic (exact) mass is 466 g/mol. The number of nitrogens with zero attached hydrogens (tertiary/aromatic N) is 2. The number of hydrogen-bond donors (Lipinski definition) is 4. The van der Waals surface area contributed by atoms with Gasteiger partial charge in [-0.15, -0.1) is 11.3 Å². The maximum absolute atomic E-state index is 12.1. The maximum Gasteiger partial charge on any atom is 0.408 e. The number of nitrogens with two attached hydrogens (primary N) is 1. The van der Waals surface area contributed by atoms with Gasteiger partial charge in [0.05, 0.1) is 18.7 Å². The minimum absolute atomic E-state index is 0.124. The molecule has 2 unspecified atom stereocenters. The number of carbonyl (C=O) groups is 3. The summed E-state index contributed by atoms with van der Waals surface area (Å²) in [5, 5.41) is 20.4. The molecule has 0 spiro atoms. The minimum Gasteiger partial charge on any atom is -0.478 e. The second kappa shape index (κ2) is 11.9. The summed E-state index contributed by atoms with van der Waals surface area (Å²) in [6.45, 7) is -1.34. The van der Waals surface area contributed by atoms with E-state index in [2.05, 4.69) is 15.3 Å². The molecule has 1 saturated carbocycles. The summed E-state index contributed by atoms with van der Waals surface area (Å²) in [5.41, 5.74) is 6.20. The number of aliphatic carboxylic acids is 2. The molecule has 0 radical (unpaired) electrons. The van der Waals surface area contributed by atoms with Gasteiger partial charge in [0.15, 0.2) is 11.1 Å². The number of methoxy groups -OCH3 is 1. The van der Waals surface area contributed by atoms with Crippen molar-refractivity contribution in [2.24, 2.45) is 16.6 Å². The molecule has 1 fully saturated rings. The molecule has 2 rings (SSSR count). The number of rotatable bonds is 6. The molecule has 2 atom stereocenters. The first-order valence-electron chi connectivity index (χ1n) is 8.72. The van der Waals surface area contributed by atoms with E-state index in [4.69, 9.17) is 20.7 Å². The Morgan fingerprint density at radius 3 is 2.45 bits per heavy atom. The summed E-state index contributed by atoms with van der Waals surface area (Å²) in [4.78, 5) is 38.1. The smallest absolute Gasteiger partial charge is 0.408 e. The zero-order valence-electron chi connectivity index (χ0n) is 16.3. The van der Waals surface area contributed by atoms with Gasteiger partial charge in [-0.2, -0.15) is 13.2 Å². The molecule has 14 heteroatoms. The van der Waals surface area contributed by atoms with E-state index in [0.717, 1.165) is 18.5 Å². The number of thiazole rings is 1. The van der Waals surface area contributed by atoms with Crippen molar-refractivity contribution in [3.63, 3.8) is 0 Å². The molecular weight excluding hydrogens is 445 g/mol. The van der Waals surface area contributed by atoms with Crippen molar-refractivity contribution >= 4 is 40.3 Å². The quantitative estimate of drug-likeness (QED) is 0.213. The SMILES string of the molecule is COC(=O)C1CCC(c2csc(NC(N)=NCC(F)(F)F)n2)C1.O=C(O)C=CC(=O)O. The van der Waals surface area contributed by atoms with E-state index in [1.807, 2.05) is 5.38 Å². The Morgan fingerprint density at radius 1 is 1.32 bits per heavy atom. The second-order valence-electron chi connectivity index (χ2n) is 6.26. The third-order valence-corrected chi connectivity index (χ3v) is 4.72. The minimum atomic E-state index is -4.40. The van der Waals surface area contributed by atoms with Gasteiger partial charge in [-0.25, -0.2) is 19.6 Å². The van der Waals surface area contributed by atoms with Gasteiger partial charge in [-0.1, -0.05) is 0 Å². The average molecular weight is 466 g/mol. The molecule has 1 aliphatic rings. The molecule has 0 bridgehead atoms. The highest BCUT2D eigenvalue weighted by molar-refractivity contribution is 7.13. The van der Waals surface area contributed by atoms with Gasteiger partial charge in [-0.3, -0.25) is 4.79 Å². The van der Waals surface area contributed by atoms with Crippen molar-refractivity contribution in [2.45, 2.75) is 31.4 Å². The first-order chi connectivity index (χ1) is 14.4. The molecule has 1 aromatic heterocycles. The van der Waals surface area contributed by atoms with Gasteiger partial charge in [0.2, 0.25) is 0 Å². The van der Waals surface area contributed by atoms with Gasteiger partial charge < -0.3 is 26.0 Å². The number of carboxylic acids is 2. The molecule has 1 aromatic rings. The van der Waals surface area contributed by atoms with E-state index >= 15 is 0 Å². The maximum atomic E-state index is 12.1. The Kier molecular flexibility index (Phi) is 9.92. The van der Waals surface area contributed by atoms with Crippen molar-refractivity contribution in [3.05, 3.63) is 23.2 Å². The fourth-order valence-corrected chi connectivity index (χ4v) is 3.43. The summed E-state index contributed by atoms with van der Waals surface area (Å²) in [6.07, 6.45) is -1.06. The van der Waals surface area contributed by atoms with E-state index in [-0.39, 0.29) is 23.8 Å². The van der Waals surface area contributed by atoms with Crippen LogP contribution in [0.25, 0.3) is 0 Å². The van der Waals surface area contributed by atoms with Crippen molar-refractivity contribution in [1.29, 1.82) is 0 Å². The molecule has 1 heterocycles. The Labute approximate surface area is 178 Å². The van der Waals surface area contributed by atoms with Crippen LogP contribution < -0.4 is 11.1 Å². The van der Waals surface area contributed by atoms with Crippen LogP contribution in [0, 0.1) is 5.92 Å². The highest BCUT2D eigenvalue weighted by Crippen LogP contribution is 2.39. The molecule has 0 saturated heterocycles. The Morgan fingerprint density at radius 2 is 1.94 bits per heavy atom. The Hall–Kier alpha value is -3.16. The number of carboxylic acid groups (broad SMARTS) is 2. The lowest BCUT2D eigenvalue weighted by molar-refractivity contribution is -0.145. The van der Waals surface area contributed by atoms with Crippen LogP contribution in [0.2, 0.25) is 0 Å². The normalized spacial score (nSPS) is 18.9. The fourth-order valence-electron chi connectivity index (χ4n) is 2.63. The number of carbonyl (C=O) groups excluding carboxylic acids is 1. The summed E-state index contributed by atoms with van der Waals surface area (Å²) in [6, 6.07) is 0. The van der Waals surface area contributed by atoms with Crippen LogP contribution in [-0.2, 0) is 19.1 Å². The number of ether oxygens (including phenoxy) is 1. The number of aromatic nitrogens is 1. The fraction of sp³-hybridized carbons (Fsp3) is 0.471. The zero-order valence-corrected chi connectivity index (χ0v) is 17.1. The van der Waals surface area contributed by atoms with E-state index in [1.54, 1.807) is 0 Å². The van der Waals surface area contributed by atoms with Gasteiger partial charge in [0.1, 0.15) is 6.54 Å². The summed E-state index contributed by atoms with van der Waals surface area (Å²) in [7, 11) is 1.36. The summed E-state index contributed by atoms with van der Waals surface area (Å²) < 4.78 is 40.9. The predicted molar refractivity (Wildman–Crippen MR) is 105 cm³/mol. The topological polar surface area (TPSA) is 164 Å². The Balaban J connectivity index is 0.000000512. The number of esters is 1. The van der Waals surface area contributed by atoms with E-state index in [0.29, 0.717) is 23.7 Å². The van der Waals surface area contributed by atoms with Crippen LogP contribution >= 0.6 is 11.3 Å². The van der Waals surface area contributed by atoms with Crippen LogP contribution in [0.1, 0.15) is 30.9 Å². The van der Waals surface area contributed by atoms with Crippen LogP contribution in [0.3, 0.4) is 0 Å². The third kappa shape index (κ3) is 10.4. The van der Waals surface area contributed by atoms with Crippen LogP contribution in [0.5, 0.6) is 0 Å². The van der Waals surface area contributed by atoms with Gasteiger partial charge in [0.25, 0.3) is 0 Å². The van der Waals surface area contributed by atoms with Crippen LogP contribution in [0.4, 0.5) is 18.3 Å². The first kappa shape index (κ1) is 25.9. The number of halogens is 3. The van der Waals surface area contributed by atoms with Crippen molar-refractivity contribution in [1.82, 2.24) is 4.98 Å². The predicted octanol–water partition coefficient (Wildman–Crippen LogP) is 2.20. The van der Waals surface area contributed by atoms with Crippen molar-refractivity contribution in [2.75, 3.05) is 19.0 Å². The standard InChI is InChI=1S/C13H17F3N4O2S.C4H4O4/c1-22-10(21)8-3-2-7(4-8)9-5-23-12(19-9)20-11(17)18-6-13(14,15)16;5-3(6)1-2-4(7)8/h5,7-8H,2-4,6H2,1H3,(H3,17,18,19,20);1-2H,(H,5,6)(H,7,8). The molecule has 1 aliphatic carbocycles. The molecule has 0 aromatic carbocycles. The summed E-state index contributed by atoms with van der Waals surface area (Å²) >= 11 is 1.23. The molecule has 0 amide bonds. The van der Waals surface area contributed by atoms with E-state index in [1.165, 1.54) is 18.4 Å². The van der Waals surface area contributed by atoms with Crippen LogP contribution in [0.15, 0.2) is 22.5 Å². The van der Waals surface area contributed by atoms with Gasteiger partial charge in [0, 0.05) is 23.5 Å². The second-order valence-corrected chi connectivity index (χ2v) is 7.12. The van der Waals surface area contributed by atoms with Crippen molar-refractivity contribution < 1.29 is 42.5 Å². The molecular formula is C17H21F3N4O6S. The number of anilines is 1. The highest BCUT2D eigenvalue weighted by Gasteiger charge is 2.32. The van der Waals surface area contributed by atoms with Gasteiger partial charge in [-0.05, 0) is 19.3 Å². The number of alkyl halides is 3. The van der Waals surface area contributed by atoms with Crippen LogP contribution in [-0.4, -0.2) is 58.9 Å². The lowest BCUT2D eigenvalue weighted by atomic mass is 10.0. The first-order valence-corrected chi connectivity index (χ1v) is 9.60. The third-order valence-electron chi connectivity index (χ3n) is 3.94. The number of hydrogen-bond acceptors (Lipinski definition) is 7. The Bertz CT molecular complexity index is 824. The lowest BCUT2D eigenvalue weighted by Crippen LogP contribution is -2.25. The average Bonchev–Trinajstić information content (AvgIpc) is 3.33. The largest absolute Gasteiger partial charge is 0.478 e. The highest BCUT2D eigenvalue weighted by atomic mass is 32.1.